The summed E-state index contributed by atoms with van der Waals surface area (Å²) >= 11 is 0. The summed E-state index contributed by atoms with van der Waals surface area (Å²) in [5.41, 5.74) is 1.70. The molecule has 2 fully saturated rings. The molecule has 0 aliphatic carbocycles. The number of hydrogen-bond acceptors (Lipinski definition) is 5. The van der Waals surface area contributed by atoms with Crippen LogP contribution < -0.4 is 14.2 Å². The molecule has 0 bridgehead atoms. The van der Waals surface area contributed by atoms with Crippen LogP contribution in [0.3, 0.4) is 0 Å². The van der Waals surface area contributed by atoms with Crippen molar-refractivity contribution < 1.29 is 19.0 Å². The van der Waals surface area contributed by atoms with Crippen molar-refractivity contribution in [2.24, 2.45) is 5.41 Å². The number of fused-ring (bicyclic) bond motifs is 1. The number of carbonyl (C=O) groups excluding carboxylic acids is 1. The van der Waals surface area contributed by atoms with Gasteiger partial charge in [0, 0.05) is 50.7 Å². The normalized spacial score (nSPS) is 24.2. The Morgan fingerprint density at radius 2 is 1.76 bits per heavy atom. The van der Waals surface area contributed by atoms with Crippen LogP contribution in [0.25, 0.3) is 0 Å². The molecule has 1 atom stereocenters. The number of piperidine rings is 2. The number of nitrogens with zero attached hydrogens (tertiary/aromatic N) is 3. The molecule has 4 heterocycles. The molecule has 7 heteroatoms. The first-order chi connectivity index (χ1) is 15.9. The third-order valence-electron chi connectivity index (χ3n) is 7.81. The summed E-state index contributed by atoms with van der Waals surface area (Å²) in [5, 5.41) is 12.0. The Balaban J connectivity index is 1.17. The fraction of sp³-hybridized carbons (Fsp3) is 0.538. The highest BCUT2D eigenvalue weighted by Gasteiger charge is 2.40. The van der Waals surface area contributed by atoms with E-state index in [1.807, 2.05) is 17.9 Å². The van der Waals surface area contributed by atoms with Crippen molar-refractivity contribution in [3.05, 3.63) is 59.1 Å². The van der Waals surface area contributed by atoms with Gasteiger partial charge in [0.15, 0.2) is 17.7 Å². The van der Waals surface area contributed by atoms with E-state index in [-0.39, 0.29) is 11.6 Å². The van der Waals surface area contributed by atoms with Crippen LogP contribution in [0.1, 0.15) is 62.0 Å². The van der Waals surface area contributed by atoms with E-state index in [4.69, 9.17) is 9.47 Å². The topological polar surface area (TPSA) is 69.0 Å². The van der Waals surface area contributed by atoms with Crippen LogP contribution in [0.15, 0.2) is 42.6 Å². The SMILES string of the molecule is CCC1(C)Oc2cccc(CN3CCC4(CC3)CCN(C(=O)c3cccc[n+]3[O-])CC4)c2O1. The molecule has 1 unspecified atom stereocenters. The largest absolute Gasteiger partial charge is 0.618 e. The summed E-state index contributed by atoms with van der Waals surface area (Å²) in [6.45, 7) is 8.47. The van der Waals surface area contributed by atoms with Gasteiger partial charge in [0.25, 0.3) is 5.69 Å². The van der Waals surface area contributed by atoms with Gasteiger partial charge in [-0.15, -0.1) is 0 Å². The minimum absolute atomic E-state index is 0.155. The number of aromatic nitrogens is 1. The summed E-state index contributed by atoms with van der Waals surface area (Å²) in [6, 6.07) is 11.2. The first-order valence-electron chi connectivity index (χ1n) is 12.1. The number of para-hydroxylation sites is 1. The standard InChI is InChI=1S/C26H33N3O4/c1-3-25(2)32-22-9-6-7-20(23(22)33-25)19-27-15-10-26(11-16-27)12-17-28(18-13-26)24(30)21-8-4-5-14-29(21)31/h4-9,14H,3,10-13,15-19H2,1-2H3. The number of pyridine rings is 1. The van der Waals surface area contributed by atoms with Crippen molar-refractivity contribution >= 4 is 5.91 Å². The molecule has 0 saturated carbocycles. The van der Waals surface area contributed by atoms with E-state index in [0.29, 0.717) is 10.1 Å². The van der Waals surface area contributed by atoms with Crippen LogP contribution in [-0.4, -0.2) is 47.7 Å². The molecule has 2 aromatic rings. The zero-order valence-corrected chi connectivity index (χ0v) is 19.6. The maximum absolute atomic E-state index is 12.8. The van der Waals surface area contributed by atoms with Gasteiger partial charge in [-0.3, -0.25) is 9.69 Å². The van der Waals surface area contributed by atoms with E-state index in [1.54, 1.807) is 18.2 Å². The Morgan fingerprint density at radius 1 is 1.03 bits per heavy atom. The molecule has 3 aliphatic rings. The second-order valence-corrected chi connectivity index (χ2v) is 9.92. The van der Waals surface area contributed by atoms with Crippen molar-refractivity contribution in [3.8, 4) is 11.5 Å². The summed E-state index contributed by atoms with van der Waals surface area (Å²) in [5.74, 6) is 1.02. The zero-order valence-electron chi connectivity index (χ0n) is 19.6. The van der Waals surface area contributed by atoms with Crippen molar-refractivity contribution in [1.29, 1.82) is 0 Å². The second-order valence-electron chi connectivity index (χ2n) is 9.92. The summed E-state index contributed by atoms with van der Waals surface area (Å²) in [7, 11) is 0. The van der Waals surface area contributed by atoms with E-state index in [0.717, 1.165) is 76.3 Å². The maximum atomic E-state index is 12.8. The molecule has 33 heavy (non-hydrogen) atoms. The molecule has 5 rings (SSSR count). The summed E-state index contributed by atoms with van der Waals surface area (Å²) in [6.07, 6.45) is 6.47. The average molecular weight is 452 g/mol. The smallest absolute Gasteiger partial charge is 0.319 e. The van der Waals surface area contributed by atoms with E-state index < -0.39 is 5.79 Å². The molecule has 176 valence electrons. The molecule has 1 spiro atoms. The summed E-state index contributed by atoms with van der Waals surface area (Å²) < 4.78 is 12.9. The van der Waals surface area contributed by atoms with Crippen molar-refractivity contribution in [3.63, 3.8) is 0 Å². The van der Waals surface area contributed by atoms with Gasteiger partial charge in [-0.1, -0.05) is 19.1 Å². The van der Waals surface area contributed by atoms with E-state index in [9.17, 15) is 10.0 Å². The van der Waals surface area contributed by atoms with Gasteiger partial charge < -0.3 is 19.6 Å². The van der Waals surface area contributed by atoms with Gasteiger partial charge in [-0.2, -0.15) is 4.73 Å². The van der Waals surface area contributed by atoms with Gasteiger partial charge in [-0.25, -0.2) is 0 Å². The molecule has 0 N–H and O–H groups in total. The van der Waals surface area contributed by atoms with Crippen LogP contribution in [0.4, 0.5) is 0 Å². The number of amides is 1. The Labute approximate surface area is 195 Å². The molecule has 7 nitrogen and oxygen atoms in total. The van der Waals surface area contributed by atoms with Crippen LogP contribution in [0.5, 0.6) is 11.5 Å². The minimum Gasteiger partial charge on any atom is -0.618 e. The molecule has 0 radical (unpaired) electrons. The second kappa shape index (κ2) is 8.52. The molecular formula is C26H33N3O4. The van der Waals surface area contributed by atoms with Crippen LogP contribution in [-0.2, 0) is 6.54 Å². The number of ether oxygens (including phenoxy) is 2. The lowest BCUT2D eigenvalue weighted by molar-refractivity contribution is -0.608. The molecule has 1 aromatic heterocycles. The third kappa shape index (κ3) is 4.26. The predicted molar refractivity (Wildman–Crippen MR) is 124 cm³/mol. The Morgan fingerprint density at radius 3 is 2.45 bits per heavy atom. The van der Waals surface area contributed by atoms with Crippen molar-refractivity contribution in [2.45, 2.75) is 58.3 Å². The zero-order chi connectivity index (χ0) is 23.1. The van der Waals surface area contributed by atoms with Gasteiger partial charge >= 0.3 is 5.91 Å². The van der Waals surface area contributed by atoms with E-state index in [1.165, 1.54) is 11.8 Å². The first kappa shape index (κ1) is 22.0. The Kier molecular flexibility index (Phi) is 5.69. The van der Waals surface area contributed by atoms with Gasteiger partial charge in [0.05, 0.1) is 0 Å². The average Bonchev–Trinajstić information content (AvgIpc) is 3.19. The third-order valence-corrected chi connectivity index (χ3v) is 7.81. The van der Waals surface area contributed by atoms with E-state index >= 15 is 0 Å². The first-order valence-corrected chi connectivity index (χ1v) is 12.1. The van der Waals surface area contributed by atoms with Crippen molar-refractivity contribution in [2.75, 3.05) is 26.2 Å². The lowest BCUT2D eigenvalue weighted by atomic mass is 9.71. The lowest BCUT2D eigenvalue weighted by Crippen LogP contribution is -2.50. The predicted octanol–water partition coefficient (Wildman–Crippen LogP) is 3.74. The fourth-order valence-corrected chi connectivity index (χ4v) is 5.36. The van der Waals surface area contributed by atoms with Crippen LogP contribution in [0, 0.1) is 10.6 Å². The van der Waals surface area contributed by atoms with Crippen molar-refractivity contribution in [1.82, 2.24) is 9.80 Å². The molecule has 3 aliphatic heterocycles. The van der Waals surface area contributed by atoms with Gasteiger partial charge in [0.2, 0.25) is 5.79 Å². The fourth-order valence-electron chi connectivity index (χ4n) is 5.36. The van der Waals surface area contributed by atoms with Gasteiger partial charge in [-0.05, 0) is 56.3 Å². The molecular weight excluding hydrogens is 418 g/mol. The van der Waals surface area contributed by atoms with Crippen LogP contribution >= 0.6 is 0 Å². The summed E-state index contributed by atoms with van der Waals surface area (Å²) in [4.78, 5) is 17.1. The number of benzene rings is 1. The number of likely N-dealkylation sites (tertiary alicyclic amines) is 2. The highest BCUT2D eigenvalue weighted by atomic mass is 16.7. The minimum atomic E-state index is -0.569. The Hall–Kier alpha value is -2.80. The quantitative estimate of drug-likeness (QED) is 0.523. The highest BCUT2D eigenvalue weighted by Crippen LogP contribution is 2.45. The molecule has 1 aromatic carbocycles. The van der Waals surface area contributed by atoms with E-state index in [2.05, 4.69) is 24.0 Å². The monoisotopic (exact) mass is 451 g/mol. The Bertz CT molecular complexity index is 1020. The maximum Gasteiger partial charge on any atom is 0.319 e. The van der Waals surface area contributed by atoms with Crippen LogP contribution in [0.2, 0.25) is 0 Å². The molecule has 2 saturated heterocycles. The molecule has 1 amide bonds. The number of carbonyl (C=O) groups is 1. The number of hydrogen-bond donors (Lipinski definition) is 0. The highest BCUT2D eigenvalue weighted by molar-refractivity contribution is 5.91. The lowest BCUT2D eigenvalue weighted by Gasteiger charge is -2.46. The van der Waals surface area contributed by atoms with Gasteiger partial charge in [0.1, 0.15) is 0 Å². The number of rotatable bonds is 4.